The maximum absolute atomic E-state index is 12.0. The standard InChI is InChI=1S/C18H19N3O3/c1-12(20-18(24)14-5-3-2-4-6-14)11-16(22)21-15-9-7-13(8-10-15)17(19)23/h2-10,12H,11H2,1H3,(H2,19,23)(H,20,24)(H,21,22)/t12-/m1/s1. The monoisotopic (exact) mass is 325 g/mol. The van der Waals surface area contributed by atoms with E-state index in [0.29, 0.717) is 16.8 Å². The van der Waals surface area contributed by atoms with Crippen LogP contribution in [-0.4, -0.2) is 23.8 Å². The average Bonchev–Trinajstić information content (AvgIpc) is 2.55. The fourth-order valence-corrected chi connectivity index (χ4v) is 2.16. The molecule has 2 aromatic rings. The first-order valence-corrected chi connectivity index (χ1v) is 7.51. The minimum Gasteiger partial charge on any atom is -0.366 e. The SMILES string of the molecule is C[C@H](CC(=O)Nc1ccc(C(N)=O)cc1)NC(=O)c1ccccc1. The van der Waals surface area contributed by atoms with Crippen LogP contribution in [0.25, 0.3) is 0 Å². The smallest absolute Gasteiger partial charge is 0.251 e. The Balaban J connectivity index is 1.85. The molecule has 0 unspecified atom stereocenters. The molecular weight excluding hydrogens is 306 g/mol. The van der Waals surface area contributed by atoms with Crippen LogP contribution in [0.3, 0.4) is 0 Å². The molecule has 0 saturated heterocycles. The molecule has 4 N–H and O–H groups in total. The second-order valence-electron chi connectivity index (χ2n) is 5.43. The summed E-state index contributed by atoms with van der Waals surface area (Å²) in [6.45, 7) is 1.76. The molecule has 0 saturated carbocycles. The predicted molar refractivity (Wildman–Crippen MR) is 91.6 cm³/mol. The molecule has 0 radical (unpaired) electrons. The highest BCUT2D eigenvalue weighted by Crippen LogP contribution is 2.10. The highest BCUT2D eigenvalue weighted by molar-refractivity contribution is 5.96. The third-order valence-corrected chi connectivity index (χ3v) is 3.36. The highest BCUT2D eigenvalue weighted by atomic mass is 16.2. The van der Waals surface area contributed by atoms with E-state index in [0.717, 1.165) is 0 Å². The van der Waals surface area contributed by atoms with Crippen molar-refractivity contribution >= 4 is 23.4 Å². The van der Waals surface area contributed by atoms with Crippen molar-refractivity contribution in [3.05, 3.63) is 65.7 Å². The maximum atomic E-state index is 12.0. The Hall–Kier alpha value is -3.15. The van der Waals surface area contributed by atoms with Gasteiger partial charge < -0.3 is 16.4 Å². The molecule has 0 spiro atoms. The minimum absolute atomic E-state index is 0.135. The first-order chi connectivity index (χ1) is 11.5. The lowest BCUT2D eigenvalue weighted by molar-refractivity contribution is -0.116. The number of amides is 3. The van der Waals surface area contributed by atoms with E-state index in [1.807, 2.05) is 6.07 Å². The Kier molecular flexibility index (Phi) is 5.68. The Morgan fingerprint density at radius 3 is 2.17 bits per heavy atom. The van der Waals surface area contributed by atoms with Crippen molar-refractivity contribution in [2.45, 2.75) is 19.4 Å². The molecule has 0 aliphatic heterocycles. The van der Waals surface area contributed by atoms with Crippen LogP contribution in [-0.2, 0) is 4.79 Å². The third kappa shape index (κ3) is 4.95. The number of benzene rings is 2. The van der Waals surface area contributed by atoms with Crippen molar-refractivity contribution < 1.29 is 14.4 Å². The van der Waals surface area contributed by atoms with Crippen LogP contribution in [0.2, 0.25) is 0 Å². The Bertz CT molecular complexity index is 727. The zero-order valence-corrected chi connectivity index (χ0v) is 13.3. The van der Waals surface area contributed by atoms with Gasteiger partial charge in [0, 0.05) is 29.3 Å². The third-order valence-electron chi connectivity index (χ3n) is 3.36. The van der Waals surface area contributed by atoms with E-state index in [4.69, 9.17) is 5.73 Å². The van der Waals surface area contributed by atoms with Crippen molar-refractivity contribution in [1.29, 1.82) is 0 Å². The van der Waals surface area contributed by atoms with Gasteiger partial charge in [-0.3, -0.25) is 14.4 Å². The Morgan fingerprint density at radius 2 is 1.58 bits per heavy atom. The van der Waals surface area contributed by atoms with E-state index in [1.165, 1.54) is 0 Å². The van der Waals surface area contributed by atoms with Crippen LogP contribution in [0.1, 0.15) is 34.1 Å². The van der Waals surface area contributed by atoms with Crippen molar-refractivity contribution in [2.75, 3.05) is 5.32 Å². The van der Waals surface area contributed by atoms with Crippen LogP contribution in [0.4, 0.5) is 5.69 Å². The van der Waals surface area contributed by atoms with Gasteiger partial charge in [-0.05, 0) is 43.3 Å². The zero-order chi connectivity index (χ0) is 17.5. The summed E-state index contributed by atoms with van der Waals surface area (Å²) in [6, 6.07) is 14.8. The van der Waals surface area contributed by atoms with Gasteiger partial charge >= 0.3 is 0 Å². The quantitative estimate of drug-likeness (QED) is 0.756. The van der Waals surface area contributed by atoms with Crippen LogP contribution >= 0.6 is 0 Å². The first-order valence-electron chi connectivity index (χ1n) is 7.51. The number of hydrogen-bond acceptors (Lipinski definition) is 3. The van der Waals surface area contributed by atoms with Gasteiger partial charge in [-0.15, -0.1) is 0 Å². The number of rotatable bonds is 6. The van der Waals surface area contributed by atoms with Crippen LogP contribution < -0.4 is 16.4 Å². The van der Waals surface area contributed by atoms with Crippen LogP contribution in [0.15, 0.2) is 54.6 Å². The van der Waals surface area contributed by atoms with Gasteiger partial charge in [-0.1, -0.05) is 18.2 Å². The summed E-state index contributed by atoms with van der Waals surface area (Å²) in [4.78, 5) is 35.0. The summed E-state index contributed by atoms with van der Waals surface area (Å²) in [5.74, 6) is -0.977. The second-order valence-corrected chi connectivity index (χ2v) is 5.43. The number of carbonyl (C=O) groups is 3. The van der Waals surface area contributed by atoms with Gasteiger partial charge in [0.1, 0.15) is 0 Å². The molecule has 2 rings (SSSR count). The van der Waals surface area contributed by atoms with Crippen molar-refractivity contribution in [3.8, 4) is 0 Å². The molecule has 3 amide bonds. The molecule has 0 aromatic heterocycles. The molecule has 124 valence electrons. The summed E-state index contributed by atoms with van der Waals surface area (Å²) in [6.07, 6.45) is 0.135. The summed E-state index contributed by atoms with van der Waals surface area (Å²) in [7, 11) is 0. The van der Waals surface area contributed by atoms with Gasteiger partial charge in [0.25, 0.3) is 5.91 Å². The summed E-state index contributed by atoms with van der Waals surface area (Å²) < 4.78 is 0. The second kappa shape index (κ2) is 7.92. The molecule has 2 aromatic carbocycles. The van der Waals surface area contributed by atoms with E-state index in [9.17, 15) is 14.4 Å². The molecule has 0 aliphatic rings. The van der Waals surface area contributed by atoms with Gasteiger partial charge in [0.15, 0.2) is 0 Å². The van der Waals surface area contributed by atoms with Crippen molar-refractivity contribution in [1.82, 2.24) is 5.32 Å². The molecule has 0 heterocycles. The van der Waals surface area contributed by atoms with Gasteiger partial charge in [-0.25, -0.2) is 0 Å². The molecule has 1 atom stereocenters. The Labute approximate surface area is 140 Å². The minimum atomic E-state index is -0.523. The summed E-state index contributed by atoms with van der Waals surface area (Å²) in [5.41, 5.74) is 6.64. The number of carbonyl (C=O) groups excluding carboxylic acids is 3. The highest BCUT2D eigenvalue weighted by Gasteiger charge is 2.13. The lowest BCUT2D eigenvalue weighted by Crippen LogP contribution is -2.35. The lowest BCUT2D eigenvalue weighted by atomic mass is 10.1. The zero-order valence-electron chi connectivity index (χ0n) is 13.3. The van der Waals surface area contributed by atoms with Gasteiger partial charge in [0.05, 0.1) is 0 Å². The molecule has 24 heavy (non-hydrogen) atoms. The number of hydrogen-bond donors (Lipinski definition) is 3. The van der Waals surface area contributed by atoms with Crippen LogP contribution in [0.5, 0.6) is 0 Å². The predicted octanol–water partition coefficient (Wildman–Crippen LogP) is 1.93. The van der Waals surface area contributed by atoms with Crippen molar-refractivity contribution in [3.63, 3.8) is 0 Å². The number of anilines is 1. The van der Waals surface area contributed by atoms with E-state index >= 15 is 0 Å². The molecule has 0 fully saturated rings. The molecule has 0 bridgehead atoms. The van der Waals surface area contributed by atoms with E-state index in [-0.39, 0.29) is 24.3 Å². The number of nitrogens with one attached hydrogen (secondary N) is 2. The summed E-state index contributed by atoms with van der Waals surface area (Å²) in [5, 5.41) is 5.49. The van der Waals surface area contributed by atoms with E-state index in [2.05, 4.69) is 10.6 Å². The fourth-order valence-electron chi connectivity index (χ4n) is 2.16. The van der Waals surface area contributed by atoms with Crippen LogP contribution in [0, 0.1) is 0 Å². The first kappa shape index (κ1) is 17.2. The largest absolute Gasteiger partial charge is 0.366 e. The Morgan fingerprint density at radius 1 is 0.958 bits per heavy atom. The fraction of sp³-hybridized carbons (Fsp3) is 0.167. The number of nitrogens with two attached hydrogens (primary N) is 1. The average molecular weight is 325 g/mol. The maximum Gasteiger partial charge on any atom is 0.251 e. The molecule has 0 aliphatic carbocycles. The van der Waals surface area contributed by atoms with Gasteiger partial charge in [0.2, 0.25) is 11.8 Å². The topological polar surface area (TPSA) is 101 Å². The van der Waals surface area contributed by atoms with Crippen molar-refractivity contribution in [2.24, 2.45) is 5.73 Å². The molecule has 6 nitrogen and oxygen atoms in total. The molecular formula is C18H19N3O3. The number of primary amides is 1. The van der Waals surface area contributed by atoms with E-state index < -0.39 is 5.91 Å². The van der Waals surface area contributed by atoms with Gasteiger partial charge in [-0.2, -0.15) is 0 Å². The van der Waals surface area contributed by atoms with E-state index in [1.54, 1.807) is 55.5 Å². The lowest BCUT2D eigenvalue weighted by Gasteiger charge is -2.14. The summed E-state index contributed by atoms with van der Waals surface area (Å²) >= 11 is 0. The molecule has 6 heteroatoms. The normalized spacial score (nSPS) is 11.4.